The molecule has 0 unspecified atom stereocenters. The van der Waals surface area contributed by atoms with Crippen molar-refractivity contribution in [2.45, 2.75) is 38.5 Å². The number of rotatable bonds is 2. The van der Waals surface area contributed by atoms with Crippen LogP contribution in [0.5, 0.6) is 0 Å². The smallest absolute Gasteiger partial charge is 0.255 e. The summed E-state index contributed by atoms with van der Waals surface area (Å²) in [5, 5.41) is 8.56. The lowest BCUT2D eigenvalue weighted by molar-refractivity contribution is -0.127. The summed E-state index contributed by atoms with van der Waals surface area (Å²) < 4.78 is 1.92. The van der Waals surface area contributed by atoms with E-state index in [9.17, 15) is 9.59 Å². The van der Waals surface area contributed by atoms with Gasteiger partial charge in [0.05, 0.1) is 5.56 Å². The van der Waals surface area contributed by atoms with Crippen LogP contribution in [0.25, 0.3) is 5.65 Å². The Hall–Kier alpha value is -2.44. The first kappa shape index (κ1) is 16.1. The number of carbonyl (C=O) groups excluding carboxylic acids is 2. The van der Waals surface area contributed by atoms with E-state index in [0.29, 0.717) is 12.1 Å². The fourth-order valence-electron chi connectivity index (χ4n) is 3.85. The Morgan fingerprint density at radius 1 is 1.04 bits per heavy atom. The molecule has 25 heavy (non-hydrogen) atoms. The van der Waals surface area contributed by atoms with E-state index in [4.69, 9.17) is 0 Å². The molecule has 0 radical (unpaired) electrons. The highest BCUT2D eigenvalue weighted by atomic mass is 16.2. The number of carbonyl (C=O) groups is 2. The number of pyridine rings is 1. The van der Waals surface area contributed by atoms with Gasteiger partial charge in [-0.1, -0.05) is 0 Å². The molecule has 1 atom stereocenters. The van der Waals surface area contributed by atoms with Crippen LogP contribution in [0.1, 0.15) is 54.7 Å². The van der Waals surface area contributed by atoms with Crippen molar-refractivity contribution in [1.82, 2.24) is 24.4 Å². The molecule has 2 amide bonds. The average molecular weight is 341 g/mol. The molecule has 0 bridgehead atoms. The Morgan fingerprint density at radius 3 is 2.56 bits per heavy atom. The minimum absolute atomic E-state index is 0.0815. The topological polar surface area (TPSA) is 70.8 Å². The lowest BCUT2D eigenvalue weighted by atomic mass is 10.1. The highest BCUT2D eigenvalue weighted by Crippen LogP contribution is 2.26. The molecule has 0 aromatic carbocycles. The lowest BCUT2D eigenvalue weighted by Gasteiger charge is -2.26. The van der Waals surface area contributed by atoms with Crippen molar-refractivity contribution in [1.29, 1.82) is 0 Å². The minimum Gasteiger partial charge on any atom is -0.342 e. The number of amides is 2. The van der Waals surface area contributed by atoms with Gasteiger partial charge in [-0.2, -0.15) is 0 Å². The van der Waals surface area contributed by atoms with Crippen LogP contribution in [0.15, 0.2) is 18.3 Å². The Kier molecular flexibility index (Phi) is 4.15. The molecule has 4 heterocycles. The quantitative estimate of drug-likeness (QED) is 0.833. The third-order valence-electron chi connectivity index (χ3n) is 5.32. The summed E-state index contributed by atoms with van der Waals surface area (Å²) >= 11 is 0. The Labute approximate surface area is 146 Å². The van der Waals surface area contributed by atoms with E-state index in [-0.39, 0.29) is 17.7 Å². The molecular weight excluding hydrogens is 318 g/mol. The summed E-state index contributed by atoms with van der Waals surface area (Å²) in [4.78, 5) is 28.1. The number of aromatic nitrogens is 3. The van der Waals surface area contributed by atoms with Crippen LogP contribution in [0, 0.1) is 0 Å². The van der Waals surface area contributed by atoms with E-state index in [1.807, 2.05) is 32.5 Å². The first-order valence-corrected chi connectivity index (χ1v) is 9.03. The van der Waals surface area contributed by atoms with E-state index < -0.39 is 0 Å². The molecular formula is C18H23N5O2. The molecule has 0 spiro atoms. The third kappa shape index (κ3) is 2.99. The summed E-state index contributed by atoms with van der Waals surface area (Å²) in [7, 11) is 0. The molecule has 4 rings (SSSR count). The summed E-state index contributed by atoms with van der Waals surface area (Å²) in [5.41, 5.74) is 1.42. The molecule has 132 valence electrons. The number of hydrogen-bond acceptors (Lipinski definition) is 4. The summed E-state index contributed by atoms with van der Waals surface area (Å²) in [5.74, 6) is 1.18. The first-order valence-electron chi connectivity index (χ1n) is 9.03. The van der Waals surface area contributed by atoms with Crippen molar-refractivity contribution in [2.24, 2.45) is 0 Å². The fraction of sp³-hybridized carbons (Fsp3) is 0.556. The summed E-state index contributed by atoms with van der Waals surface area (Å²) in [6.07, 6.45) is 6.10. The van der Waals surface area contributed by atoms with Crippen molar-refractivity contribution >= 4 is 17.5 Å². The maximum Gasteiger partial charge on any atom is 0.255 e. The number of hydrogen-bond donors (Lipinski definition) is 0. The van der Waals surface area contributed by atoms with Gasteiger partial charge in [-0.25, -0.2) is 0 Å². The average Bonchev–Trinajstić information content (AvgIpc) is 3.28. The Morgan fingerprint density at radius 2 is 1.84 bits per heavy atom. The van der Waals surface area contributed by atoms with Crippen molar-refractivity contribution in [3.8, 4) is 0 Å². The second kappa shape index (κ2) is 6.46. The van der Waals surface area contributed by atoms with E-state index in [1.165, 1.54) is 6.42 Å². The van der Waals surface area contributed by atoms with Crippen LogP contribution in [0.3, 0.4) is 0 Å². The number of piperidine rings is 1. The van der Waals surface area contributed by atoms with Gasteiger partial charge in [0.2, 0.25) is 5.91 Å². The normalized spacial score (nSPS) is 21.1. The van der Waals surface area contributed by atoms with Gasteiger partial charge in [-0.05, 0) is 37.8 Å². The van der Waals surface area contributed by atoms with E-state index in [1.54, 1.807) is 6.92 Å². The predicted molar refractivity (Wildman–Crippen MR) is 92.4 cm³/mol. The van der Waals surface area contributed by atoms with E-state index >= 15 is 0 Å². The molecule has 2 aromatic rings. The third-order valence-corrected chi connectivity index (χ3v) is 5.32. The largest absolute Gasteiger partial charge is 0.342 e. The van der Waals surface area contributed by atoms with Crippen molar-refractivity contribution in [3.05, 3.63) is 29.7 Å². The van der Waals surface area contributed by atoms with Gasteiger partial charge in [0, 0.05) is 45.2 Å². The van der Waals surface area contributed by atoms with E-state index in [0.717, 1.165) is 50.4 Å². The fourth-order valence-corrected chi connectivity index (χ4v) is 3.85. The van der Waals surface area contributed by atoms with Crippen LogP contribution in [-0.2, 0) is 4.79 Å². The molecule has 7 nitrogen and oxygen atoms in total. The zero-order valence-corrected chi connectivity index (χ0v) is 14.5. The molecule has 2 aliphatic heterocycles. The van der Waals surface area contributed by atoms with Gasteiger partial charge < -0.3 is 9.80 Å². The van der Waals surface area contributed by atoms with Gasteiger partial charge in [0.25, 0.3) is 5.91 Å². The number of likely N-dealkylation sites (tertiary alicyclic amines) is 2. The molecule has 0 N–H and O–H groups in total. The highest BCUT2D eigenvalue weighted by Gasteiger charge is 2.29. The van der Waals surface area contributed by atoms with Crippen molar-refractivity contribution in [3.63, 3.8) is 0 Å². The van der Waals surface area contributed by atoms with Crippen LogP contribution >= 0.6 is 0 Å². The SMILES string of the molecule is CC(=O)N1CC[C@H](c2nnc3ccc(C(=O)N4CCCCC4)cn23)C1. The van der Waals surface area contributed by atoms with Crippen LogP contribution in [0.2, 0.25) is 0 Å². The van der Waals surface area contributed by atoms with Crippen molar-refractivity contribution < 1.29 is 9.59 Å². The summed E-state index contributed by atoms with van der Waals surface area (Å²) in [6.45, 7) is 4.69. The minimum atomic E-state index is 0.0815. The molecule has 7 heteroatoms. The maximum absolute atomic E-state index is 12.8. The standard InChI is InChI=1S/C18H23N5O2/c1-13(24)22-10-7-14(11-22)17-20-19-16-6-5-15(12-23(16)17)18(25)21-8-3-2-4-9-21/h5-6,12,14H,2-4,7-11H2,1H3/t14-/m0/s1. The number of nitrogens with zero attached hydrogens (tertiary/aromatic N) is 5. The zero-order valence-electron chi connectivity index (χ0n) is 14.5. The molecule has 2 aromatic heterocycles. The Bertz CT molecular complexity index is 809. The van der Waals surface area contributed by atoms with Crippen molar-refractivity contribution in [2.75, 3.05) is 26.2 Å². The maximum atomic E-state index is 12.8. The Balaban J connectivity index is 1.62. The molecule has 2 saturated heterocycles. The predicted octanol–water partition coefficient (Wildman–Crippen LogP) is 1.69. The van der Waals surface area contributed by atoms with E-state index in [2.05, 4.69) is 10.2 Å². The zero-order chi connectivity index (χ0) is 17.4. The second-order valence-corrected chi connectivity index (χ2v) is 7.01. The van der Waals surface area contributed by atoms with Gasteiger partial charge in [-0.15, -0.1) is 10.2 Å². The van der Waals surface area contributed by atoms with Gasteiger partial charge in [0.15, 0.2) is 5.65 Å². The molecule has 0 saturated carbocycles. The van der Waals surface area contributed by atoms with Crippen LogP contribution < -0.4 is 0 Å². The number of fused-ring (bicyclic) bond motifs is 1. The molecule has 2 fully saturated rings. The molecule has 2 aliphatic rings. The molecule has 0 aliphatic carbocycles. The van der Waals surface area contributed by atoms with Gasteiger partial charge in [-0.3, -0.25) is 14.0 Å². The monoisotopic (exact) mass is 341 g/mol. The van der Waals surface area contributed by atoms with Crippen LogP contribution in [0.4, 0.5) is 0 Å². The first-order chi connectivity index (χ1) is 12.1. The van der Waals surface area contributed by atoms with Gasteiger partial charge in [0.1, 0.15) is 5.82 Å². The van der Waals surface area contributed by atoms with Gasteiger partial charge >= 0.3 is 0 Å². The summed E-state index contributed by atoms with van der Waals surface area (Å²) in [6, 6.07) is 3.69. The lowest BCUT2D eigenvalue weighted by Crippen LogP contribution is -2.35. The highest BCUT2D eigenvalue weighted by molar-refractivity contribution is 5.94. The second-order valence-electron chi connectivity index (χ2n) is 7.01. The van der Waals surface area contributed by atoms with Crippen LogP contribution in [-0.4, -0.2) is 62.4 Å².